The number of aromatic amines is 1. The fourth-order valence-electron chi connectivity index (χ4n) is 2.52. The average molecular weight is 324 g/mol. The molecule has 3 aromatic heterocycles. The molecule has 3 heterocycles. The predicted molar refractivity (Wildman–Crippen MR) is 90.1 cm³/mol. The summed E-state index contributed by atoms with van der Waals surface area (Å²) in [7, 11) is 1.63. The van der Waals surface area contributed by atoms with Crippen LogP contribution in [0.4, 0.5) is 0 Å². The van der Waals surface area contributed by atoms with Gasteiger partial charge in [0.1, 0.15) is 15.3 Å². The van der Waals surface area contributed by atoms with Crippen molar-refractivity contribution in [3.8, 4) is 17.1 Å². The zero-order valence-electron chi connectivity index (χ0n) is 12.5. The zero-order valence-corrected chi connectivity index (χ0v) is 13.3. The predicted octanol–water partition coefficient (Wildman–Crippen LogP) is 2.91. The minimum atomic E-state index is -0.150. The molecular formula is C16H12N4O2S. The largest absolute Gasteiger partial charge is 0.497 e. The van der Waals surface area contributed by atoms with Gasteiger partial charge in [-0.25, -0.2) is 15.0 Å². The third-order valence-electron chi connectivity index (χ3n) is 3.65. The summed E-state index contributed by atoms with van der Waals surface area (Å²) in [4.78, 5) is 28.8. The summed E-state index contributed by atoms with van der Waals surface area (Å²) in [5.41, 5.74) is 2.22. The molecule has 0 radical (unpaired) electrons. The van der Waals surface area contributed by atoms with Gasteiger partial charge in [0.15, 0.2) is 5.82 Å². The molecule has 0 atom stereocenters. The number of thiophene rings is 1. The number of hydrogen-bond acceptors (Lipinski definition) is 6. The average Bonchev–Trinajstić information content (AvgIpc) is 2.95. The molecule has 23 heavy (non-hydrogen) atoms. The fourth-order valence-corrected chi connectivity index (χ4v) is 3.59. The third kappa shape index (κ3) is 2.17. The molecule has 7 heteroatoms. The van der Waals surface area contributed by atoms with Crippen LogP contribution in [0.1, 0.15) is 5.69 Å². The molecule has 0 amide bonds. The first kappa shape index (κ1) is 13.8. The van der Waals surface area contributed by atoms with Crippen LogP contribution in [0.3, 0.4) is 0 Å². The number of nitrogens with one attached hydrogen (secondary N) is 1. The van der Waals surface area contributed by atoms with Crippen LogP contribution in [0, 0.1) is 6.92 Å². The number of ether oxygens (including phenoxy) is 1. The Morgan fingerprint density at radius 1 is 1.17 bits per heavy atom. The molecule has 6 nitrogen and oxygen atoms in total. The number of nitrogens with zero attached hydrogens (tertiary/aromatic N) is 3. The summed E-state index contributed by atoms with van der Waals surface area (Å²) in [6.45, 7) is 1.91. The lowest BCUT2D eigenvalue weighted by atomic mass is 10.2. The van der Waals surface area contributed by atoms with E-state index in [0.29, 0.717) is 16.0 Å². The van der Waals surface area contributed by atoms with E-state index in [-0.39, 0.29) is 5.56 Å². The maximum absolute atomic E-state index is 11.9. The molecule has 4 aromatic rings. The van der Waals surface area contributed by atoms with Crippen LogP contribution in [0.2, 0.25) is 0 Å². The maximum Gasteiger partial charge on any atom is 0.268 e. The van der Waals surface area contributed by atoms with Crippen LogP contribution in [-0.4, -0.2) is 27.0 Å². The highest BCUT2D eigenvalue weighted by Gasteiger charge is 2.15. The Morgan fingerprint density at radius 3 is 2.70 bits per heavy atom. The van der Waals surface area contributed by atoms with Gasteiger partial charge in [-0.1, -0.05) is 0 Å². The second-order valence-electron chi connectivity index (χ2n) is 5.05. The second-order valence-corrected chi connectivity index (χ2v) is 6.05. The van der Waals surface area contributed by atoms with Gasteiger partial charge in [0.25, 0.3) is 5.56 Å². The minimum Gasteiger partial charge on any atom is -0.497 e. The normalized spacial score (nSPS) is 11.2. The SMILES string of the molecule is COc1ccc(-c2nc(C)c3c(n2)sc2c(=O)[nH]cnc23)cc1. The van der Waals surface area contributed by atoms with Gasteiger partial charge >= 0.3 is 0 Å². The van der Waals surface area contributed by atoms with E-state index in [1.165, 1.54) is 17.7 Å². The number of rotatable bonds is 2. The van der Waals surface area contributed by atoms with Gasteiger partial charge in [-0.05, 0) is 31.2 Å². The van der Waals surface area contributed by atoms with Gasteiger partial charge in [0.05, 0.1) is 30.0 Å². The molecule has 114 valence electrons. The first-order valence-corrected chi connectivity index (χ1v) is 7.78. The molecule has 0 fully saturated rings. The van der Waals surface area contributed by atoms with Crippen LogP contribution < -0.4 is 10.3 Å². The van der Waals surface area contributed by atoms with E-state index >= 15 is 0 Å². The molecule has 1 aromatic carbocycles. The summed E-state index contributed by atoms with van der Waals surface area (Å²) in [5.74, 6) is 1.41. The molecule has 0 bridgehead atoms. The quantitative estimate of drug-likeness (QED) is 0.613. The van der Waals surface area contributed by atoms with E-state index in [9.17, 15) is 4.79 Å². The number of aromatic nitrogens is 4. The van der Waals surface area contributed by atoms with E-state index in [0.717, 1.165) is 27.2 Å². The van der Waals surface area contributed by atoms with Crippen molar-refractivity contribution in [1.29, 1.82) is 0 Å². The molecule has 0 saturated heterocycles. The highest BCUT2D eigenvalue weighted by molar-refractivity contribution is 7.25. The molecule has 0 unspecified atom stereocenters. The Morgan fingerprint density at radius 2 is 1.96 bits per heavy atom. The third-order valence-corrected chi connectivity index (χ3v) is 4.72. The Bertz CT molecular complexity index is 1080. The van der Waals surface area contributed by atoms with E-state index in [1.807, 2.05) is 31.2 Å². The highest BCUT2D eigenvalue weighted by atomic mass is 32.1. The van der Waals surface area contributed by atoms with E-state index < -0.39 is 0 Å². The lowest BCUT2D eigenvalue weighted by Gasteiger charge is -2.04. The maximum atomic E-state index is 11.9. The van der Waals surface area contributed by atoms with E-state index in [2.05, 4.69) is 19.9 Å². The van der Waals surface area contributed by atoms with E-state index in [1.54, 1.807) is 7.11 Å². The lowest BCUT2D eigenvalue weighted by molar-refractivity contribution is 0.415. The molecule has 0 spiro atoms. The smallest absolute Gasteiger partial charge is 0.268 e. The van der Waals surface area contributed by atoms with Gasteiger partial charge in [0, 0.05) is 5.56 Å². The molecular weight excluding hydrogens is 312 g/mol. The Labute approximate surface area is 134 Å². The van der Waals surface area contributed by atoms with Crippen molar-refractivity contribution < 1.29 is 4.74 Å². The number of fused-ring (bicyclic) bond motifs is 3. The number of hydrogen-bond donors (Lipinski definition) is 1. The highest BCUT2D eigenvalue weighted by Crippen LogP contribution is 2.32. The minimum absolute atomic E-state index is 0.150. The molecule has 0 aliphatic heterocycles. The van der Waals surface area contributed by atoms with Crippen molar-refractivity contribution in [1.82, 2.24) is 19.9 Å². The van der Waals surface area contributed by atoms with Crippen molar-refractivity contribution in [3.63, 3.8) is 0 Å². The summed E-state index contributed by atoms with van der Waals surface area (Å²) in [6, 6.07) is 7.57. The number of aryl methyl sites for hydroxylation is 1. The topological polar surface area (TPSA) is 80.8 Å². The van der Waals surface area contributed by atoms with Gasteiger partial charge in [-0.3, -0.25) is 4.79 Å². The zero-order chi connectivity index (χ0) is 16.0. The van der Waals surface area contributed by atoms with Crippen molar-refractivity contribution in [3.05, 3.63) is 46.6 Å². The Kier molecular flexibility index (Phi) is 3.09. The number of H-pyrrole nitrogens is 1. The fraction of sp³-hybridized carbons (Fsp3) is 0.125. The summed E-state index contributed by atoms with van der Waals surface area (Å²) in [5, 5.41) is 0.841. The van der Waals surface area contributed by atoms with Crippen LogP contribution in [0.15, 0.2) is 35.4 Å². The van der Waals surface area contributed by atoms with E-state index in [4.69, 9.17) is 4.74 Å². The lowest BCUT2D eigenvalue weighted by Crippen LogP contribution is -2.03. The van der Waals surface area contributed by atoms with Crippen molar-refractivity contribution in [2.45, 2.75) is 6.92 Å². The molecule has 0 aliphatic rings. The standard InChI is InChI=1S/C16H12N4O2S/c1-8-11-12-13(15(21)18-7-17-12)23-16(11)20-14(19-8)9-3-5-10(22-2)6-4-9/h3-7H,1-2H3,(H,17,18,21). The van der Waals surface area contributed by atoms with Crippen LogP contribution in [-0.2, 0) is 0 Å². The van der Waals surface area contributed by atoms with Crippen molar-refractivity contribution >= 4 is 31.8 Å². The first-order chi connectivity index (χ1) is 11.2. The Balaban J connectivity index is 1.97. The summed E-state index contributed by atoms with van der Waals surface area (Å²) >= 11 is 1.34. The van der Waals surface area contributed by atoms with Gasteiger partial charge < -0.3 is 9.72 Å². The van der Waals surface area contributed by atoms with Crippen LogP contribution in [0.25, 0.3) is 31.8 Å². The molecule has 1 N–H and O–H groups in total. The van der Waals surface area contributed by atoms with Gasteiger partial charge in [0.2, 0.25) is 0 Å². The first-order valence-electron chi connectivity index (χ1n) is 6.96. The summed E-state index contributed by atoms with van der Waals surface area (Å²) in [6.07, 6.45) is 1.41. The summed E-state index contributed by atoms with van der Waals surface area (Å²) < 4.78 is 5.74. The van der Waals surface area contributed by atoms with Gasteiger partial charge in [-0.15, -0.1) is 11.3 Å². The number of benzene rings is 1. The monoisotopic (exact) mass is 324 g/mol. The van der Waals surface area contributed by atoms with Crippen LogP contribution >= 0.6 is 11.3 Å². The molecule has 4 rings (SSSR count). The van der Waals surface area contributed by atoms with Gasteiger partial charge in [-0.2, -0.15) is 0 Å². The Hall–Kier alpha value is -2.80. The second kappa shape index (κ2) is 5.13. The van der Waals surface area contributed by atoms with Crippen molar-refractivity contribution in [2.75, 3.05) is 7.11 Å². The van der Waals surface area contributed by atoms with Crippen molar-refractivity contribution in [2.24, 2.45) is 0 Å². The number of methoxy groups -OCH3 is 1. The molecule has 0 aliphatic carbocycles. The molecule has 0 saturated carbocycles. The van der Waals surface area contributed by atoms with Crippen LogP contribution in [0.5, 0.6) is 5.75 Å².